The van der Waals surface area contributed by atoms with Crippen molar-refractivity contribution in [1.82, 2.24) is 25.5 Å². The van der Waals surface area contributed by atoms with Crippen LogP contribution in [0.5, 0.6) is 0 Å². The number of furan rings is 1. The monoisotopic (exact) mass is 275 g/mol. The molecule has 19 heavy (non-hydrogen) atoms. The first-order chi connectivity index (χ1) is 9.42. The summed E-state index contributed by atoms with van der Waals surface area (Å²) in [5, 5.41) is 17.6. The third-order valence-corrected chi connectivity index (χ3v) is 3.44. The molecule has 1 N–H and O–H groups in total. The molecule has 3 aromatic heterocycles. The van der Waals surface area contributed by atoms with Gasteiger partial charge in [0, 0.05) is 18.0 Å². The van der Waals surface area contributed by atoms with Gasteiger partial charge in [-0.15, -0.1) is 21.5 Å². The summed E-state index contributed by atoms with van der Waals surface area (Å²) in [4.78, 5) is 2.89. The zero-order chi connectivity index (χ0) is 12.9. The second-order valence-corrected chi connectivity index (χ2v) is 4.97. The van der Waals surface area contributed by atoms with Crippen LogP contribution < -0.4 is 5.32 Å². The Balaban J connectivity index is 1.48. The minimum Gasteiger partial charge on any atom is -0.461 e. The first kappa shape index (κ1) is 12.1. The minimum atomic E-state index is 0.517. The van der Waals surface area contributed by atoms with Gasteiger partial charge in [-0.1, -0.05) is 6.07 Å². The van der Waals surface area contributed by atoms with Gasteiger partial charge in [0.25, 0.3) is 0 Å². The Labute approximate surface area is 114 Å². The van der Waals surface area contributed by atoms with Gasteiger partial charge in [0.05, 0.1) is 12.8 Å². The molecule has 0 radical (unpaired) electrons. The molecule has 3 rings (SSSR count). The second-order valence-electron chi connectivity index (χ2n) is 3.94. The highest BCUT2D eigenvalue weighted by molar-refractivity contribution is 7.09. The Kier molecular flexibility index (Phi) is 3.66. The normalized spacial score (nSPS) is 10.9. The van der Waals surface area contributed by atoms with Crippen molar-refractivity contribution in [3.8, 4) is 11.6 Å². The second kappa shape index (κ2) is 5.77. The smallest absolute Gasteiger partial charge is 0.240 e. The third kappa shape index (κ3) is 3.07. The Bertz CT molecular complexity index is 602. The summed E-state index contributed by atoms with van der Waals surface area (Å²) >= 11 is 1.75. The number of thiophene rings is 1. The van der Waals surface area contributed by atoms with Crippen LogP contribution in [0.1, 0.15) is 4.88 Å². The van der Waals surface area contributed by atoms with Crippen LogP contribution in [0, 0.1) is 0 Å². The molecule has 0 aliphatic rings. The topological polar surface area (TPSA) is 68.8 Å². The van der Waals surface area contributed by atoms with Crippen molar-refractivity contribution >= 4 is 11.3 Å². The van der Waals surface area contributed by atoms with Gasteiger partial charge in [0.1, 0.15) is 0 Å². The molecule has 0 aliphatic carbocycles. The molecular weight excluding hydrogens is 262 g/mol. The molecule has 3 heterocycles. The largest absolute Gasteiger partial charge is 0.461 e. The summed E-state index contributed by atoms with van der Waals surface area (Å²) in [6.45, 7) is 2.35. The molecule has 0 fully saturated rings. The Hall–Kier alpha value is -1.99. The van der Waals surface area contributed by atoms with Gasteiger partial charge in [-0.3, -0.25) is 0 Å². The molecule has 7 heteroatoms. The van der Waals surface area contributed by atoms with Crippen LogP contribution in [0.2, 0.25) is 0 Å². The highest BCUT2D eigenvalue weighted by Gasteiger charge is 2.07. The molecule has 0 aliphatic heterocycles. The van der Waals surface area contributed by atoms with Crippen molar-refractivity contribution < 1.29 is 4.42 Å². The first-order valence-electron chi connectivity index (χ1n) is 5.96. The summed E-state index contributed by atoms with van der Waals surface area (Å²) in [5.41, 5.74) is 0. The number of aromatic nitrogens is 4. The van der Waals surface area contributed by atoms with Crippen molar-refractivity contribution in [3.05, 3.63) is 40.8 Å². The maximum Gasteiger partial charge on any atom is 0.240 e. The lowest BCUT2D eigenvalue weighted by Gasteiger charge is -2.01. The number of hydrogen-bond donors (Lipinski definition) is 1. The van der Waals surface area contributed by atoms with Crippen LogP contribution >= 0.6 is 11.3 Å². The van der Waals surface area contributed by atoms with Gasteiger partial charge in [0.15, 0.2) is 5.76 Å². The average molecular weight is 275 g/mol. The first-order valence-corrected chi connectivity index (χ1v) is 6.84. The summed E-state index contributed by atoms with van der Waals surface area (Å²) < 4.78 is 5.21. The summed E-state index contributed by atoms with van der Waals surface area (Å²) in [5.74, 6) is 1.15. The van der Waals surface area contributed by atoms with Crippen LogP contribution in [-0.2, 0) is 13.1 Å². The van der Waals surface area contributed by atoms with E-state index in [1.165, 1.54) is 4.88 Å². The third-order valence-electron chi connectivity index (χ3n) is 2.56. The van der Waals surface area contributed by atoms with E-state index in [1.54, 1.807) is 28.5 Å². The SMILES string of the molecule is c1coc(-c2nnn(CCNCc3cccs3)n2)c1. The standard InChI is InChI=1S/C12H13N5OS/c1-4-11(18-7-1)12-14-16-17(15-12)6-5-13-9-10-3-2-8-19-10/h1-4,7-8,13H,5-6,9H2. The van der Waals surface area contributed by atoms with Crippen molar-refractivity contribution in [2.75, 3.05) is 6.54 Å². The molecule has 0 unspecified atom stereocenters. The molecule has 0 atom stereocenters. The van der Waals surface area contributed by atoms with E-state index < -0.39 is 0 Å². The van der Waals surface area contributed by atoms with Crippen LogP contribution in [-0.4, -0.2) is 26.8 Å². The summed E-state index contributed by atoms with van der Waals surface area (Å²) in [7, 11) is 0. The van der Waals surface area contributed by atoms with E-state index in [0.29, 0.717) is 18.1 Å². The molecule has 0 saturated heterocycles. The summed E-state index contributed by atoms with van der Waals surface area (Å²) in [6, 6.07) is 7.78. The Morgan fingerprint density at radius 3 is 3.11 bits per heavy atom. The number of rotatable bonds is 6. The lowest BCUT2D eigenvalue weighted by atomic mass is 10.4. The number of nitrogens with zero attached hydrogens (tertiary/aromatic N) is 4. The van der Waals surface area contributed by atoms with E-state index in [4.69, 9.17) is 4.42 Å². The van der Waals surface area contributed by atoms with E-state index in [9.17, 15) is 0 Å². The Morgan fingerprint density at radius 1 is 1.32 bits per heavy atom. The highest BCUT2D eigenvalue weighted by atomic mass is 32.1. The van der Waals surface area contributed by atoms with E-state index in [-0.39, 0.29) is 0 Å². The van der Waals surface area contributed by atoms with E-state index >= 15 is 0 Å². The predicted octanol–water partition coefficient (Wildman–Crippen LogP) is 1.78. The fraction of sp³-hybridized carbons (Fsp3) is 0.250. The fourth-order valence-electron chi connectivity index (χ4n) is 1.65. The molecule has 0 aromatic carbocycles. The maximum atomic E-state index is 5.21. The minimum absolute atomic E-state index is 0.517. The summed E-state index contributed by atoms with van der Waals surface area (Å²) in [6.07, 6.45) is 1.60. The maximum absolute atomic E-state index is 5.21. The number of hydrogen-bond acceptors (Lipinski definition) is 6. The molecular formula is C12H13N5OS. The molecule has 3 aromatic rings. The van der Waals surface area contributed by atoms with Gasteiger partial charge in [-0.05, 0) is 28.8 Å². The molecule has 0 saturated carbocycles. The zero-order valence-corrected chi connectivity index (χ0v) is 11.0. The Morgan fingerprint density at radius 2 is 2.32 bits per heavy atom. The van der Waals surface area contributed by atoms with E-state index in [1.807, 2.05) is 6.07 Å². The van der Waals surface area contributed by atoms with Crippen molar-refractivity contribution in [2.45, 2.75) is 13.1 Å². The van der Waals surface area contributed by atoms with Crippen LogP contribution in [0.15, 0.2) is 40.3 Å². The van der Waals surface area contributed by atoms with Gasteiger partial charge in [0.2, 0.25) is 5.82 Å². The van der Waals surface area contributed by atoms with Gasteiger partial charge < -0.3 is 9.73 Å². The molecule has 0 bridgehead atoms. The highest BCUT2D eigenvalue weighted by Crippen LogP contribution is 2.12. The van der Waals surface area contributed by atoms with Crippen LogP contribution in [0.25, 0.3) is 11.6 Å². The molecule has 0 spiro atoms. The molecule has 0 amide bonds. The van der Waals surface area contributed by atoms with Crippen molar-refractivity contribution in [1.29, 1.82) is 0 Å². The zero-order valence-electron chi connectivity index (χ0n) is 10.2. The number of tetrazole rings is 1. The average Bonchev–Trinajstić information content (AvgIpc) is 3.15. The van der Waals surface area contributed by atoms with E-state index in [2.05, 4.69) is 38.2 Å². The van der Waals surface area contributed by atoms with Crippen molar-refractivity contribution in [2.24, 2.45) is 0 Å². The lowest BCUT2D eigenvalue weighted by Crippen LogP contribution is -2.20. The molecule has 98 valence electrons. The van der Waals surface area contributed by atoms with Crippen LogP contribution in [0.3, 0.4) is 0 Å². The fourth-order valence-corrected chi connectivity index (χ4v) is 2.32. The predicted molar refractivity (Wildman–Crippen MR) is 71.5 cm³/mol. The number of nitrogens with one attached hydrogen (secondary N) is 1. The van der Waals surface area contributed by atoms with Crippen molar-refractivity contribution in [3.63, 3.8) is 0 Å². The lowest BCUT2D eigenvalue weighted by molar-refractivity contribution is 0.491. The van der Waals surface area contributed by atoms with Gasteiger partial charge in [-0.25, -0.2) is 0 Å². The molecule has 6 nitrogen and oxygen atoms in total. The van der Waals surface area contributed by atoms with Gasteiger partial charge >= 0.3 is 0 Å². The van der Waals surface area contributed by atoms with Crippen LogP contribution in [0.4, 0.5) is 0 Å². The van der Waals surface area contributed by atoms with E-state index in [0.717, 1.165) is 13.1 Å². The quantitative estimate of drug-likeness (QED) is 0.694. The van der Waals surface area contributed by atoms with Gasteiger partial charge in [-0.2, -0.15) is 4.80 Å².